The number of hydrogen-bond acceptors (Lipinski definition) is 3. The van der Waals surface area contributed by atoms with Crippen molar-refractivity contribution in [1.29, 1.82) is 0 Å². The molecule has 1 aliphatic heterocycles. The first-order chi connectivity index (χ1) is 8.97. The molecule has 1 aromatic carbocycles. The molecule has 0 unspecified atom stereocenters. The molecule has 0 radical (unpaired) electrons. The number of nitrogens with zero attached hydrogens (tertiary/aromatic N) is 1. The maximum atomic E-state index is 12.1. The van der Waals surface area contributed by atoms with E-state index in [0.717, 1.165) is 0 Å². The highest BCUT2D eigenvalue weighted by Crippen LogP contribution is 2.21. The van der Waals surface area contributed by atoms with Crippen LogP contribution >= 0.6 is 0 Å². The van der Waals surface area contributed by atoms with Gasteiger partial charge in [0.25, 0.3) is 5.91 Å². The normalized spacial score (nSPS) is 14.8. The van der Waals surface area contributed by atoms with Gasteiger partial charge in [-0.25, -0.2) is 0 Å². The minimum atomic E-state index is -0.854. The second kappa shape index (κ2) is 5.09. The predicted octanol–water partition coefficient (Wildman–Crippen LogP) is 0.332. The molecule has 2 amide bonds. The molecule has 1 aromatic rings. The molecule has 1 aliphatic rings. The Labute approximate surface area is 109 Å². The minimum absolute atomic E-state index is 0.0146. The molecule has 0 aliphatic carbocycles. The summed E-state index contributed by atoms with van der Waals surface area (Å²) in [5, 5.41) is 8.63. The summed E-state index contributed by atoms with van der Waals surface area (Å²) in [5.74, 6) is -1.62. The Kier molecular flexibility index (Phi) is 3.50. The van der Waals surface area contributed by atoms with Crippen molar-refractivity contribution < 1.29 is 19.5 Å². The van der Waals surface area contributed by atoms with Crippen LogP contribution in [0.2, 0.25) is 0 Å². The minimum Gasteiger partial charge on any atom is -0.481 e. The van der Waals surface area contributed by atoms with Crippen LogP contribution in [0.25, 0.3) is 0 Å². The molecule has 1 saturated heterocycles. The molecule has 19 heavy (non-hydrogen) atoms. The Morgan fingerprint density at radius 1 is 1.26 bits per heavy atom. The van der Waals surface area contributed by atoms with Gasteiger partial charge < -0.3 is 15.7 Å². The zero-order valence-electron chi connectivity index (χ0n) is 10.2. The summed E-state index contributed by atoms with van der Waals surface area (Å²) >= 11 is 0. The number of amides is 2. The topological polar surface area (TPSA) is 101 Å². The molecule has 0 spiro atoms. The van der Waals surface area contributed by atoms with E-state index in [0.29, 0.717) is 18.7 Å². The smallest absolute Gasteiger partial charge is 0.303 e. The third-order valence-corrected chi connectivity index (χ3v) is 3.10. The van der Waals surface area contributed by atoms with Gasteiger partial charge in [0, 0.05) is 30.1 Å². The van der Waals surface area contributed by atoms with E-state index >= 15 is 0 Å². The van der Waals surface area contributed by atoms with E-state index in [2.05, 4.69) is 0 Å². The van der Waals surface area contributed by atoms with Crippen molar-refractivity contribution in [3.8, 4) is 0 Å². The second-order valence-electron chi connectivity index (χ2n) is 4.62. The number of hydrogen-bond donors (Lipinski definition) is 2. The Balaban J connectivity index is 2.00. The van der Waals surface area contributed by atoms with E-state index in [4.69, 9.17) is 10.8 Å². The van der Waals surface area contributed by atoms with Gasteiger partial charge in [0.05, 0.1) is 6.42 Å². The maximum Gasteiger partial charge on any atom is 0.303 e. The molecular formula is C13H14N2O4. The van der Waals surface area contributed by atoms with Gasteiger partial charge in [0.1, 0.15) is 0 Å². The molecule has 0 bridgehead atoms. The number of likely N-dealkylation sites (tertiary alicyclic amines) is 1. The number of nitrogens with two attached hydrogens (primary N) is 1. The molecule has 0 saturated carbocycles. The van der Waals surface area contributed by atoms with Crippen molar-refractivity contribution in [1.82, 2.24) is 4.90 Å². The number of benzene rings is 1. The van der Waals surface area contributed by atoms with Gasteiger partial charge in [-0.05, 0) is 18.2 Å². The summed E-state index contributed by atoms with van der Waals surface area (Å²) < 4.78 is 0. The SMILES string of the molecule is NC(=O)c1cccc(C(=O)N2CC(CC(=O)O)C2)c1. The average molecular weight is 262 g/mol. The standard InChI is InChI=1S/C13H14N2O4/c14-12(18)9-2-1-3-10(5-9)13(19)15-6-8(7-15)4-11(16)17/h1-3,5,8H,4,6-7H2,(H2,14,18)(H,16,17). The molecule has 1 fully saturated rings. The van der Waals surface area contributed by atoms with E-state index in [1.165, 1.54) is 6.07 Å². The number of carboxylic acid groups (broad SMARTS) is 1. The Bertz CT molecular complexity index is 535. The first kappa shape index (κ1) is 13.1. The third-order valence-electron chi connectivity index (χ3n) is 3.10. The van der Waals surface area contributed by atoms with Gasteiger partial charge in [-0.15, -0.1) is 0 Å². The second-order valence-corrected chi connectivity index (χ2v) is 4.62. The molecule has 0 atom stereocenters. The highest BCUT2D eigenvalue weighted by Gasteiger charge is 2.32. The van der Waals surface area contributed by atoms with Crippen LogP contribution < -0.4 is 5.73 Å². The van der Waals surface area contributed by atoms with E-state index in [1.54, 1.807) is 23.1 Å². The van der Waals surface area contributed by atoms with Gasteiger partial charge >= 0.3 is 5.97 Å². The molecular weight excluding hydrogens is 248 g/mol. The van der Waals surface area contributed by atoms with Gasteiger partial charge in [-0.3, -0.25) is 14.4 Å². The molecule has 100 valence electrons. The number of carboxylic acids is 1. The van der Waals surface area contributed by atoms with Crippen LogP contribution in [0, 0.1) is 5.92 Å². The van der Waals surface area contributed by atoms with Crippen LogP contribution in [0.1, 0.15) is 27.1 Å². The van der Waals surface area contributed by atoms with Crippen molar-refractivity contribution >= 4 is 17.8 Å². The molecule has 6 heteroatoms. The number of carbonyl (C=O) groups excluding carboxylic acids is 2. The van der Waals surface area contributed by atoms with Crippen LogP contribution in [0.5, 0.6) is 0 Å². The number of primary amides is 1. The summed E-state index contributed by atoms with van der Waals surface area (Å²) in [6.45, 7) is 0.873. The van der Waals surface area contributed by atoms with E-state index in [-0.39, 0.29) is 23.8 Å². The first-order valence-electron chi connectivity index (χ1n) is 5.88. The summed E-state index contributed by atoms with van der Waals surface area (Å²) in [6, 6.07) is 6.21. The lowest BCUT2D eigenvalue weighted by Gasteiger charge is -2.38. The zero-order chi connectivity index (χ0) is 14.0. The van der Waals surface area contributed by atoms with E-state index < -0.39 is 11.9 Å². The van der Waals surface area contributed by atoms with E-state index in [9.17, 15) is 14.4 Å². The summed E-state index contributed by atoms with van der Waals surface area (Å²) in [4.78, 5) is 35.2. The van der Waals surface area contributed by atoms with Crippen molar-refractivity contribution in [3.63, 3.8) is 0 Å². The van der Waals surface area contributed by atoms with E-state index in [1.807, 2.05) is 0 Å². The largest absolute Gasteiger partial charge is 0.481 e. The molecule has 6 nitrogen and oxygen atoms in total. The van der Waals surface area contributed by atoms with Crippen LogP contribution in [0.3, 0.4) is 0 Å². The van der Waals surface area contributed by atoms with Crippen molar-refractivity contribution in [2.75, 3.05) is 13.1 Å². The lowest BCUT2D eigenvalue weighted by atomic mass is 9.95. The highest BCUT2D eigenvalue weighted by atomic mass is 16.4. The van der Waals surface area contributed by atoms with Crippen LogP contribution in [-0.2, 0) is 4.79 Å². The van der Waals surface area contributed by atoms with Crippen molar-refractivity contribution in [2.24, 2.45) is 11.7 Å². The zero-order valence-corrected chi connectivity index (χ0v) is 10.2. The highest BCUT2D eigenvalue weighted by molar-refractivity contribution is 5.99. The first-order valence-corrected chi connectivity index (χ1v) is 5.88. The summed E-state index contributed by atoms with van der Waals surface area (Å²) in [6.07, 6.45) is 0.0745. The number of aliphatic carboxylic acids is 1. The molecule has 3 N–H and O–H groups in total. The molecule has 2 rings (SSSR count). The van der Waals surface area contributed by atoms with Gasteiger partial charge in [0.2, 0.25) is 5.91 Å². The van der Waals surface area contributed by atoms with Crippen LogP contribution in [0.15, 0.2) is 24.3 Å². The Morgan fingerprint density at radius 3 is 2.47 bits per heavy atom. The van der Waals surface area contributed by atoms with Crippen molar-refractivity contribution in [3.05, 3.63) is 35.4 Å². The lowest BCUT2D eigenvalue weighted by Crippen LogP contribution is -2.50. The van der Waals surface area contributed by atoms with Gasteiger partial charge in [-0.1, -0.05) is 6.07 Å². The third kappa shape index (κ3) is 2.90. The summed E-state index contributed by atoms with van der Waals surface area (Å²) in [7, 11) is 0. The number of carbonyl (C=O) groups is 3. The molecule has 0 aromatic heterocycles. The Hall–Kier alpha value is -2.37. The fourth-order valence-electron chi connectivity index (χ4n) is 2.10. The average Bonchev–Trinajstić information content (AvgIpc) is 2.32. The number of rotatable bonds is 4. The predicted molar refractivity (Wildman–Crippen MR) is 66.6 cm³/mol. The Morgan fingerprint density at radius 2 is 1.89 bits per heavy atom. The van der Waals surface area contributed by atoms with Gasteiger partial charge in [0.15, 0.2) is 0 Å². The molecule has 1 heterocycles. The maximum absolute atomic E-state index is 12.1. The quantitative estimate of drug-likeness (QED) is 0.816. The monoisotopic (exact) mass is 262 g/mol. The van der Waals surface area contributed by atoms with Crippen LogP contribution in [-0.4, -0.2) is 40.9 Å². The fourth-order valence-corrected chi connectivity index (χ4v) is 2.10. The lowest BCUT2D eigenvalue weighted by molar-refractivity contribution is -0.139. The van der Waals surface area contributed by atoms with Crippen LogP contribution in [0.4, 0.5) is 0 Å². The summed E-state index contributed by atoms with van der Waals surface area (Å²) in [5.41, 5.74) is 5.83. The van der Waals surface area contributed by atoms with Gasteiger partial charge in [-0.2, -0.15) is 0 Å². The van der Waals surface area contributed by atoms with Crippen molar-refractivity contribution in [2.45, 2.75) is 6.42 Å². The fraction of sp³-hybridized carbons (Fsp3) is 0.308.